The van der Waals surface area contributed by atoms with Crippen LogP contribution in [0, 0.1) is 0 Å². The summed E-state index contributed by atoms with van der Waals surface area (Å²) in [5.41, 5.74) is 3.21. The van der Waals surface area contributed by atoms with Gasteiger partial charge in [-0.15, -0.1) is 0 Å². The molecule has 0 aromatic heterocycles. The number of aliphatic hydroxyl groups excluding tert-OH is 1. The summed E-state index contributed by atoms with van der Waals surface area (Å²) in [6, 6.07) is 23.8. The number of epoxide rings is 2. The Balaban J connectivity index is 1.03. The third-order valence-corrected chi connectivity index (χ3v) is 10.9. The Hall–Kier alpha value is -4.84. The van der Waals surface area contributed by atoms with E-state index < -0.39 is 11.7 Å². The van der Waals surface area contributed by atoms with Crippen LogP contribution in [0.25, 0.3) is 0 Å². The molecular formula is C47H60O11. The van der Waals surface area contributed by atoms with Gasteiger partial charge in [-0.25, -0.2) is 0 Å². The predicted molar refractivity (Wildman–Crippen MR) is 222 cm³/mol. The van der Waals surface area contributed by atoms with E-state index in [1.807, 2.05) is 80.6 Å². The zero-order valence-corrected chi connectivity index (χ0v) is 35.3. The Kier molecular flexibility index (Phi) is 14.2. The molecule has 2 aliphatic rings. The van der Waals surface area contributed by atoms with Gasteiger partial charge in [-0.1, -0.05) is 38.1 Å². The molecule has 0 aliphatic carbocycles. The Bertz CT molecular complexity index is 1960. The summed E-state index contributed by atoms with van der Waals surface area (Å²) in [6.45, 7) is 10.4. The molecule has 0 bridgehead atoms. The van der Waals surface area contributed by atoms with Gasteiger partial charge >= 0.3 is 0 Å². The number of benzene rings is 4. The van der Waals surface area contributed by atoms with Crippen molar-refractivity contribution in [1.82, 2.24) is 0 Å². The SMILES string of the molecule is CCC(C)(CC(O)COc1ccc(Cc2ccc(OC(C)(CC)CC3CO3)c(OC)c2)cc1OC)Oc1ccc(Cc2ccc(OCC3CO3)c(OC)c2)cc1OC. The van der Waals surface area contributed by atoms with E-state index in [0.717, 1.165) is 54.1 Å². The first-order valence-electron chi connectivity index (χ1n) is 20.2. The highest BCUT2D eigenvalue weighted by Crippen LogP contribution is 2.38. The molecule has 4 aromatic rings. The fourth-order valence-corrected chi connectivity index (χ4v) is 6.97. The number of aliphatic hydroxyl groups is 1. The van der Waals surface area contributed by atoms with Crippen LogP contribution in [0.1, 0.15) is 75.6 Å². The maximum absolute atomic E-state index is 11.2. The molecule has 58 heavy (non-hydrogen) atoms. The molecule has 5 atom stereocenters. The number of rotatable bonds is 24. The minimum Gasteiger partial charge on any atom is -0.493 e. The van der Waals surface area contributed by atoms with Crippen LogP contribution in [0.4, 0.5) is 0 Å². The summed E-state index contributed by atoms with van der Waals surface area (Å²) in [5, 5.41) is 11.2. The van der Waals surface area contributed by atoms with E-state index in [9.17, 15) is 5.11 Å². The van der Waals surface area contributed by atoms with E-state index in [1.165, 1.54) is 0 Å². The molecule has 314 valence electrons. The second-order valence-corrected chi connectivity index (χ2v) is 15.7. The molecule has 4 aromatic carbocycles. The van der Waals surface area contributed by atoms with Crippen LogP contribution < -0.4 is 37.9 Å². The van der Waals surface area contributed by atoms with E-state index in [2.05, 4.69) is 19.9 Å². The average molecular weight is 801 g/mol. The maximum Gasteiger partial charge on any atom is 0.162 e. The van der Waals surface area contributed by atoms with Crippen molar-refractivity contribution in [2.75, 3.05) is 54.9 Å². The lowest BCUT2D eigenvalue weighted by molar-refractivity contribution is 0.00272. The average Bonchev–Trinajstić information content (AvgIpc) is 4.18. The van der Waals surface area contributed by atoms with Gasteiger partial charge in [0, 0.05) is 12.8 Å². The highest BCUT2D eigenvalue weighted by atomic mass is 16.6. The lowest BCUT2D eigenvalue weighted by Gasteiger charge is -2.32. The number of methoxy groups -OCH3 is 4. The summed E-state index contributed by atoms with van der Waals surface area (Å²) >= 11 is 0. The van der Waals surface area contributed by atoms with Crippen molar-refractivity contribution in [3.63, 3.8) is 0 Å². The van der Waals surface area contributed by atoms with Gasteiger partial charge in [0.15, 0.2) is 46.0 Å². The molecule has 2 aliphatic heterocycles. The molecule has 0 radical (unpaired) electrons. The van der Waals surface area contributed by atoms with Crippen LogP contribution in [0.15, 0.2) is 72.8 Å². The van der Waals surface area contributed by atoms with E-state index in [4.69, 9.17) is 47.4 Å². The summed E-state index contributed by atoms with van der Waals surface area (Å²) in [7, 11) is 6.55. The molecule has 11 nitrogen and oxygen atoms in total. The van der Waals surface area contributed by atoms with Gasteiger partial charge in [0.05, 0.1) is 53.9 Å². The van der Waals surface area contributed by atoms with Crippen molar-refractivity contribution in [1.29, 1.82) is 0 Å². The fourth-order valence-electron chi connectivity index (χ4n) is 6.97. The fraction of sp³-hybridized carbons (Fsp3) is 0.489. The third kappa shape index (κ3) is 11.6. The third-order valence-electron chi connectivity index (χ3n) is 10.9. The smallest absolute Gasteiger partial charge is 0.162 e. The van der Waals surface area contributed by atoms with E-state index in [1.54, 1.807) is 28.4 Å². The molecule has 0 spiro atoms. The number of hydrogen-bond donors (Lipinski definition) is 1. The van der Waals surface area contributed by atoms with E-state index >= 15 is 0 Å². The largest absolute Gasteiger partial charge is 0.493 e. The first-order chi connectivity index (χ1) is 28.0. The molecule has 5 unspecified atom stereocenters. The Morgan fingerprint density at radius 2 is 0.966 bits per heavy atom. The molecule has 6 rings (SSSR count). The van der Waals surface area contributed by atoms with Crippen molar-refractivity contribution < 1.29 is 52.5 Å². The van der Waals surface area contributed by atoms with Gasteiger partial charge in [0.2, 0.25) is 0 Å². The predicted octanol–water partition coefficient (Wildman–Crippen LogP) is 8.39. The highest BCUT2D eigenvalue weighted by molar-refractivity contribution is 5.49. The van der Waals surface area contributed by atoms with Crippen LogP contribution in [0.2, 0.25) is 0 Å². The monoisotopic (exact) mass is 800 g/mol. The van der Waals surface area contributed by atoms with Gasteiger partial charge in [0.1, 0.15) is 30.5 Å². The molecule has 0 saturated carbocycles. The number of hydrogen-bond acceptors (Lipinski definition) is 11. The molecule has 2 saturated heterocycles. The van der Waals surface area contributed by atoms with Crippen molar-refractivity contribution in [2.45, 2.75) is 95.7 Å². The normalized spacial score (nSPS) is 18.2. The Morgan fingerprint density at radius 1 is 0.569 bits per heavy atom. The lowest BCUT2D eigenvalue weighted by atomic mass is 9.95. The van der Waals surface area contributed by atoms with Crippen LogP contribution in [-0.2, 0) is 22.3 Å². The van der Waals surface area contributed by atoms with Gasteiger partial charge in [-0.3, -0.25) is 0 Å². The van der Waals surface area contributed by atoms with Crippen molar-refractivity contribution in [2.24, 2.45) is 0 Å². The molecule has 2 fully saturated rings. The van der Waals surface area contributed by atoms with Crippen LogP contribution in [-0.4, -0.2) is 89.5 Å². The van der Waals surface area contributed by atoms with Gasteiger partial charge in [-0.05, 0) is 110 Å². The lowest BCUT2D eigenvalue weighted by Crippen LogP contribution is -2.38. The van der Waals surface area contributed by atoms with Crippen molar-refractivity contribution >= 4 is 0 Å². The quantitative estimate of drug-likeness (QED) is 0.0689. The van der Waals surface area contributed by atoms with Crippen molar-refractivity contribution in [3.05, 3.63) is 95.1 Å². The van der Waals surface area contributed by atoms with E-state index in [-0.39, 0.29) is 24.4 Å². The minimum atomic E-state index is -0.808. The standard InChI is InChI=1S/C47H60O11/c1-9-46(3,57-40-17-13-33(23-44(40)51-7)20-32-12-16-39(43(22-32)50-6)56-30-37-29-54-37)25-35(48)27-55-38-15-11-31(21-42(38)49-5)19-34-14-18-41(45(24-34)52-8)58-47(4,10-2)26-36-28-53-36/h11-18,21-24,35-37,48H,9-10,19-20,25-30H2,1-8H3. The Morgan fingerprint density at radius 3 is 1.38 bits per heavy atom. The van der Waals surface area contributed by atoms with Crippen LogP contribution >= 0.6 is 0 Å². The molecular weight excluding hydrogens is 741 g/mol. The molecule has 11 heteroatoms. The van der Waals surface area contributed by atoms with Crippen LogP contribution in [0.5, 0.6) is 46.0 Å². The molecule has 2 heterocycles. The number of ether oxygens (including phenoxy) is 10. The summed E-state index contributed by atoms with van der Waals surface area (Å²) in [4.78, 5) is 0. The second kappa shape index (κ2) is 19.3. The van der Waals surface area contributed by atoms with E-state index in [0.29, 0.717) is 72.5 Å². The maximum atomic E-state index is 11.2. The van der Waals surface area contributed by atoms with Crippen molar-refractivity contribution in [3.8, 4) is 46.0 Å². The first kappa shape index (κ1) is 42.8. The molecule has 0 amide bonds. The summed E-state index contributed by atoms with van der Waals surface area (Å²) in [6.07, 6.45) is 3.65. The minimum absolute atomic E-state index is 0.0641. The first-order valence-corrected chi connectivity index (χ1v) is 20.2. The summed E-state index contributed by atoms with van der Waals surface area (Å²) < 4.78 is 58.5. The van der Waals surface area contributed by atoms with Gasteiger partial charge < -0.3 is 52.5 Å². The van der Waals surface area contributed by atoms with Gasteiger partial charge in [-0.2, -0.15) is 0 Å². The zero-order chi connectivity index (χ0) is 41.3. The molecule has 1 N–H and O–H groups in total. The topological polar surface area (TPSA) is 119 Å². The van der Waals surface area contributed by atoms with Gasteiger partial charge in [0.25, 0.3) is 0 Å². The highest BCUT2D eigenvalue weighted by Gasteiger charge is 2.36. The Labute approximate surface area is 343 Å². The second-order valence-electron chi connectivity index (χ2n) is 15.7. The van der Waals surface area contributed by atoms with Crippen LogP contribution in [0.3, 0.4) is 0 Å². The zero-order valence-electron chi connectivity index (χ0n) is 35.3. The summed E-state index contributed by atoms with van der Waals surface area (Å²) in [5.74, 6) is 5.15.